The maximum absolute atomic E-state index is 11.8. The molecule has 0 unspecified atom stereocenters. The lowest BCUT2D eigenvalue weighted by atomic mass is 10.1. The highest BCUT2D eigenvalue weighted by atomic mass is 32.2. The van der Waals surface area contributed by atoms with Gasteiger partial charge in [0.05, 0.1) is 11.3 Å². The molecule has 0 spiro atoms. The standard InChI is InChI=1S/C13H21N3O3S2/c1-2-21(18,19)16-5-3-11(4-6-16)15-8-12-7-10(9-20-12)13(14)17/h7,9,11,15H,2-6,8H2,1H3,(H2,14,17). The first-order chi connectivity index (χ1) is 9.92. The molecule has 2 heterocycles. The van der Waals surface area contributed by atoms with E-state index in [9.17, 15) is 13.2 Å². The molecule has 6 nitrogen and oxygen atoms in total. The van der Waals surface area contributed by atoms with Crippen molar-refractivity contribution in [2.45, 2.75) is 32.4 Å². The smallest absolute Gasteiger partial charge is 0.249 e. The summed E-state index contributed by atoms with van der Waals surface area (Å²) in [6.07, 6.45) is 1.63. The SMILES string of the molecule is CCS(=O)(=O)N1CCC(NCc2cc(C(N)=O)cs2)CC1. The number of piperidine rings is 1. The topological polar surface area (TPSA) is 92.5 Å². The van der Waals surface area contributed by atoms with Gasteiger partial charge in [-0.3, -0.25) is 4.79 Å². The van der Waals surface area contributed by atoms with Crippen molar-refractivity contribution in [3.63, 3.8) is 0 Å². The Kier molecular flexibility index (Phi) is 5.37. The molecule has 1 saturated heterocycles. The average Bonchev–Trinajstić information content (AvgIpc) is 2.95. The van der Waals surface area contributed by atoms with E-state index in [1.165, 1.54) is 11.3 Å². The van der Waals surface area contributed by atoms with E-state index in [-0.39, 0.29) is 5.75 Å². The summed E-state index contributed by atoms with van der Waals surface area (Å²) < 4.78 is 25.1. The minimum atomic E-state index is -3.06. The number of nitrogens with two attached hydrogens (primary N) is 1. The van der Waals surface area contributed by atoms with E-state index in [1.807, 2.05) is 0 Å². The van der Waals surface area contributed by atoms with Crippen molar-refractivity contribution in [2.24, 2.45) is 5.73 Å². The van der Waals surface area contributed by atoms with Gasteiger partial charge in [-0.25, -0.2) is 12.7 Å². The minimum absolute atomic E-state index is 0.163. The second-order valence-corrected chi connectivity index (χ2v) is 8.37. The summed E-state index contributed by atoms with van der Waals surface area (Å²) in [5.41, 5.74) is 5.76. The summed E-state index contributed by atoms with van der Waals surface area (Å²) in [6.45, 7) is 3.51. The third-order valence-electron chi connectivity index (χ3n) is 3.72. The van der Waals surface area contributed by atoms with Crippen LogP contribution in [0.3, 0.4) is 0 Å². The number of nitrogens with zero attached hydrogens (tertiary/aromatic N) is 1. The van der Waals surface area contributed by atoms with Gasteiger partial charge in [-0.2, -0.15) is 0 Å². The molecule has 0 saturated carbocycles. The zero-order chi connectivity index (χ0) is 15.5. The van der Waals surface area contributed by atoms with E-state index in [0.29, 0.717) is 31.2 Å². The van der Waals surface area contributed by atoms with Crippen LogP contribution in [-0.2, 0) is 16.6 Å². The highest BCUT2D eigenvalue weighted by molar-refractivity contribution is 7.89. The Bertz CT molecular complexity index is 590. The predicted molar refractivity (Wildman–Crippen MR) is 83.7 cm³/mol. The van der Waals surface area contributed by atoms with Gasteiger partial charge in [-0.05, 0) is 25.8 Å². The van der Waals surface area contributed by atoms with Gasteiger partial charge < -0.3 is 11.1 Å². The first-order valence-electron chi connectivity index (χ1n) is 7.01. The largest absolute Gasteiger partial charge is 0.366 e. The van der Waals surface area contributed by atoms with Crippen LogP contribution < -0.4 is 11.1 Å². The van der Waals surface area contributed by atoms with Gasteiger partial charge in [0, 0.05) is 35.9 Å². The molecule has 8 heteroatoms. The van der Waals surface area contributed by atoms with Crippen molar-refractivity contribution in [2.75, 3.05) is 18.8 Å². The van der Waals surface area contributed by atoms with Crippen LogP contribution in [0.4, 0.5) is 0 Å². The molecular weight excluding hydrogens is 310 g/mol. The zero-order valence-electron chi connectivity index (χ0n) is 12.0. The van der Waals surface area contributed by atoms with Crippen LogP contribution in [-0.4, -0.2) is 43.5 Å². The molecule has 21 heavy (non-hydrogen) atoms. The Balaban J connectivity index is 1.80. The molecule has 0 bridgehead atoms. The summed E-state index contributed by atoms with van der Waals surface area (Å²) in [7, 11) is -3.06. The lowest BCUT2D eigenvalue weighted by Gasteiger charge is -2.31. The van der Waals surface area contributed by atoms with Crippen molar-refractivity contribution in [3.8, 4) is 0 Å². The summed E-state index contributed by atoms with van der Waals surface area (Å²) >= 11 is 1.51. The molecule has 1 aromatic rings. The van der Waals surface area contributed by atoms with Crippen LogP contribution in [0.15, 0.2) is 11.4 Å². The van der Waals surface area contributed by atoms with Gasteiger partial charge in [0.2, 0.25) is 15.9 Å². The van der Waals surface area contributed by atoms with Gasteiger partial charge >= 0.3 is 0 Å². The van der Waals surface area contributed by atoms with Crippen molar-refractivity contribution in [1.82, 2.24) is 9.62 Å². The Hall–Kier alpha value is -0.960. The van der Waals surface area contributed by atoms with E-state index >= 15 is 0 Å². The van der Waals surface area contributed by atoms with E-state index in [2.05, 4.69) is 5.32 Å². The Morgan fingerprint density at radius 1 is 1.48 bits per heavy atom. The van der Waals surface area contributed by atoms with Crippen molar-refractivity contribution >= 4 is 27.3 Å². The van der Waals surface area contributed by atoms with Gasteiger partial charge in [0.15, 0.2) is 0 Å². The average molecular weight is 331 g/mol. The lowest BCUT2D eigenvalue weighted by molar-refractivity contribution is 0.100. The molecule has 1 fully saturated rings. The summed E-state index contributed by atoms with van der Waals surface area (Å²) in [4.78, 5) is 12.1. The van der Waals surface area contributed by atoms with E-state index in [1.54, 1.807) is 22.7 Å². The highest BCUT2D eigenvalue weighted by Crippen LogP contribution is 2.17. The van der Waals surface area contributed by atoms with E-state index < -0.39 is 15.9 Å². The van der Waals surface area contributed by atoms with Crippen LogP contribution in [0.5, 0.6) is 0 Å². The van der Waals surface area contributed by atoms with Gasteiger partial charge in [-0.1, -0.05) is 0 Å². The number of amides is 1. The molecule has 1 amide bonds. The zero-order valence-corrected chi connectivity index (χ0v) is 13.7. The highest BCUT2D eigenvalue weighted by Gasteiger charge is 2.26. The molecule has 2 rings (SSSR count). The number of primary amides is 1. The normalized spacial score (nSPS) is 18.0. The third-order valence-corrected chi connectivity index (χ3v) is 6.53. The second kappa shape index (κ2) is 6.87. The molecule has 1 aliphatic heterocycles. The van der Waals surface area contributed by atoms with E-state index in [4.69, 9.17) is 5.73 Å². The summed E-state index contributed by atoms with van der Waals surface area (Å²) in [6, 6.07) is 2.11. The monoisotopic (exact) mass is 331 g/mol. The van der Waals surface area contributed by atoms with Crippen LogP contribution in [0.1, 0.15) is 35.0 Å². The predicted octanol–water partition coefficient (Wildman–Crippen LogP) is 0.751. The molecule has 0 radical (unpaired) electrons. The number of thiophene rings is 1. The number of hydrogen-bond donors (Lipinski definition) is 2. The molecular formula is C13H21N3O3S2. The van der Waals surface area contributed by atoms with Crippen LogP contribution in [0.2, 0.25) is 0 Å². The molecule has 1 aliphatic rings. The fourth-order valence-corrected chi connectivity index (χ4v) is 4.32. The Labute approximate surface area is 129 Å². The number of hydrogen-bond acceptors (Lipinski definition) is 5. The maximum atomic E-state index is 11.8. The van der Waals surface area contributed by atoms with Crippen LogP contribution in [0.25, 0.3) is 0 Å². The van der Waals surface area contributed by atoms with Gasteiger partial charge in [-0.15, -0.1) is 11.3 Å². The first-order valence-corrected chi connectivity index (χ1v) is 9.49. The Morgan fingerprint density at radius 3 is 2.67 bits per heavy atom. The molecule has 3 N–H and O–H groups in total. The number of sulfonamides is 1. The molecule has 0 atom stereocenters. The van der Waals surface area contributed by atoms with Crippen molar-refractivity contribution in [3.05, 3.63) is 21.9 Å². The molecule has 0 aliphatic carbocycles. The molecule has 1 aromatic heterocycles. The number of rotatable bonds is 6. The molecule has 118 valence electrons. The number of carbonyl (C=O) groups is 1. The van der Waals surface area contributed by atoms with Crippen molar-refractivity contribution in [1.29, 1.82) is 0 Å². The van der Waals surface area contributed by atoms with Crippen molar-refractivity contribution < 1.29 is 13.2 Å². The molecule has 0 aromatic carbocycles. The third kappa shape index (κ3) is 4.26. The number of nitrogens with one attached hydrogen (secondary N) is 1. The summed E-state index contributed by atoms with van der Waals surface area (Å²) in [5.74, 6) is -0.244. The summed E-state index contributed by atoms with van der Waals surface area (Å²) in [5, 5.41) is 5.18. The maximum Gasteiger partial charge on any atom is 0.249 e. The fraction of sp³-hybridized carbons (Fsp3) is 0.615. The second-order valence-electron chi connectivity index (χ2n) is 5.12. The minimum Gasteiger partial charge on any atom is -0.366 e. The quantitative estimate of drug-likeness (QED) is 0.804. The lowest BCUT2D eigenvalue weighted by Crippen LogP contribution is -2.45. The van der Waals surface area contributed by atoms with Gasteiger partial charge in [0.25, 0.3) is 0 Å². The van der Waals surface area contributed by atoms with Crippen LogP contribution >= 0.6 is 11.3 Å². The fourth-order valence-electron chi connectivity index (χ4n) is 2.37. The number of carbonyl (C=O) groups excluding carboxylic acids is 1. The first kappa shape index (κ1) is 16.4. The van der Waals surface area contributed by atoms with Gasteiger partial charge in [0.1, 0.15) is 0 Å². The van der Waals surface area contributed by atoms with Crippen LogP contribution in [0, 0.1) is 0 Å². The Morgan fingerprint density at radius 2 is 2.14 bits per heavy atom. The van der Waals surface area contributed by atoms with E-state index in [0.717, 1.165) is 17.7 Å².